The molecule has 3 unspecified atom stereocenters. The fraction of sp³-hybridized carbons (Fsp3) is 0.632. The summed E-state index contributed by atoms with van der Waals surface area (Å²) in [5, 5.41) is 8.83. The lowest BCUT2D eigenvalue weighted by Crippen LogP contribution is -2.18. The van der Waals surface area contributed by atoms with Crippen LogP contribution in [0.3, 0.4) is 0 Å². The van der Waals surface area contributed by atoms with Crippen molar-refractivity contribution in [1.82, 2.24) is 0 Å². The molecule has 1 saturated heterocycles. The summed E-state index contributed by atoms with van der Waals surface area (Å²) in [6, 6.07) is 6.52. The van der Waals surface area contributed by atoms with Gasteiger partial charge in [0.05, 0.1) is 24.4 Å². The molecule has 1 aliphatic heterocycles. The van der Waals surface area contributed by atoms with Gasteiger partial charge in [-0.05, 0) is 68.7 Å². The molecule has 0 spiro atoms. The van der Waals surface area contributed by atoms with E-state index >= 15 is 0 Å². The van der Waals surface area contributed by atoms with Crippen LogP contribution in [0.4, 0.5) is 0 Å². The lowest BCUT2D eigenvalue weighted by Gasteiger charge is -2.18. The third kappa shape index (κ3) is 5.21. The van der Waals surface area contributed by atoms with Crippen LogP contribution in [0, 0.1) is 5.92 Å². The highest BCUT2D eigenvalue weighted by atomic mass is 16.6. The van der Waals surface area contributed by atoms with Gasteiger partial charge in [-0.2, -0.15) is 0 Å². The number of benzene rings is 1. The number of carbonyl (C=O) groups is 1. The van der Waals surface area contributed by atoms with E-state index in [1.807, 2.05) is 0 Å². The van der Waals surface area contributed by atoms with Crippen molar-refractivity contribution < 1.29 is 24.1 Å². The Morgan fingerprint density at radius 1 is 1.08 bits per heavy atom. The molecule has 5 nitrogen and oxygen atoms in total. The van der Waals surface area contributed by atoms with Crippen LogP contribution in [0.1, 0.15) is 48.9 Å². The maximum Gasteiger partial charge on any atom is 0.335 e. The Hall–Kier alpha value is -1.59. The molecule has 2 fully saturated rings. The van der Waals surface area contributed by atoms with E-state index in [1.165, 1.54) is 19.3 Å². The molecule has 0 aromatic heterocycles. The summed E-state index contributed by atoms with van der Waals surface area (Å²) in [6.07, 6.45) is 7.85. The highest BCUT2D eigenvalue weighted by molar-refractivity contribution is 5.87. The summed E-state index contributed by atoms with van der Waals surface area (Å²) in [4.78, 5) is 10.8. The van der Waals surface area contributed by atoms with Crippen molar-refractivity contribution in [2.24, 2.45) is 5.92 Å². The number of carboxylic acid groups (broad SMARTS) is 1. The summed E-state index contributed by atoms with van der Waals surface area (Å²) >= 11 is 0. The van der Waals surface area contributed by atoms with E-state index in [9.17, 15) is 4.79 Å². The SMILES string of the molecule is O=C(O)c1ccc(OCCCCCOCC2CCC3OC3C2)cc1. The van der Waals surface area contributed by atoms with Crippen molar-refractivity contribution in [2.75, 3.05) is 19.8 Å². The zero-order chi connectivity index (χ0) is 16.8. The molecule has 0 radical (unpaired) electrons. The number of fused-ring (bicyclic) bond motifs is 1. The first-order valence-corrected chi connectivity index (χ1v) is 8.92. The third-order valence-corrected chi connectivity index (χ3v) is 4.77. The van der Waals surface area contributed by atoms with Crippen molar-refractivity contribution in [1.29, 1.82) is 0 Å². The Balaban J connectivity index is 1.17. The molecular formula is C19H26O5. The van der Waals surface area contributed by atoms with Gasteiger partial charge in [0.1, 0.15) is 5.75 Å². The first-order chi connectivity index (χ1) is 11.7. The molecule has 0 amide bonds. The minimum absolute atomic E-state index is 0.279. The predicted molar refractivity (Wildman–Crippen MR) is 89.6 cm³/mol. The van der Waals surface area contributed by atoms with Crippen molar-refractivity contribution in [3.05, 3.63) is 29.8 Å². The van der Waals surface area contributed by atoms with Crippen LogP contribution in [0.15, 0.2) is 24.3 Å². The topological polar surface area (TPSA) is 68.3 Å². The van der Waals surface area contributed by atoms with Crippen molar-refractivity contribution in [2.45, 2.75) is 50.7 Å². The Kier molecular flexibility index (Phi) is 6.10. The number of hydrogen-bond donors (Lipinski definition) is 1. The minimum atomic E-state index is -0.917. The van der Waals surface area contributed by atoms with E-state index in [-0.39, 0.29) is 5.56 Å². The van der Waals surface area contributed by atoms with Gasteiger partial charge in [-0.3, -0.25) is 0 Å². The first-order valence-electron chi connectivity index (χ1n) is 8.92. The van der Waals surface area contributed by atoms with Gasteiger partial charge in [0, 0.05) is 13.2 Å². The highest BCUT2D eigenvalue weighted by Gasteiger charge is 2.43. The van der Waals surface area contributed by atoms with Crippen LogP contribution < -0.4 is 4.74 Å². The van der Waals surface area contributed by atoms with E-state index in [2.05, 4.69) is 0 Å². The Morgan fingerprint density at radius 3 is 2.62 bits per heavy atom. The minimum Gasteiger partial charge on any atom is -0.494 e. The summed E-state index contributed by atoms with van der Waals surface area (Å²) in [5.74, 6) is 0.485. The average molecular weight is 334 g/mol. The molecule has 1 saturated carbocycles. The van der Waals surface area contributed by atoms with Gasteiger partial charge in [0.25, 0.3) is 0 Å². The van der Waals surface area contributed by atoms with Gasteiger partial charge in [-0.25, -0.2) is 4.79 Å². The smallest absolute Gasteiger partial charge is 0.335 e. The van der Waals surface area contributed by atoms with E-state index < -0.39 is 5.97 Å². The molecule has 1 aromatic rings. The molecular weight excluding hydrogens is 308 g/mol. The number of unbranched alkanes of at least 4 members (excludes halogenated alkanes) is 2. The van der Waals surface area contributed by atoms with Crippen LogP contribution in [-0.2, 0) is 9.47 Å². The second kappa shape index (κ2) is 8.49. The van der Waals surface area contributed by atoms with Crippen LogP contribution in [0.25, 0.3) is 0 Å². The van der Waals surface area contributed by atoms with Crippen molar-refractivity contribution >= 4 is 5.97 Å². The summed E-state index contributed by atoms with van der Waals surface area (Å²) < 4.78 is 16.9. The molecule has 1 heterocycles. The van der Waals surface area contributed by atoms with Gasteiger partial charge in [-0.1, -0.05) is 0 Å². The summed E-state index contributed by atoms with van der Waals surface area (Å²) in [6.45, 7) is 2.34. The number of aromatic carboxylic acids is 1. The number of ether oxygens (including phenoxy) is 3. The van der Waals surface area contributed by atoms with Crippen LogP contribution in [0.5, 0.6) is 5.75 Å². The largest absolute Gasteiger partial charge is 0.494 e. The van der Waals surface area contributed by atoms with Crippen LogP contribution >= 0.6 is 0 Å². The molecule has 1 aromatic carbocycles. The van der Waals surface area contributed by atoms with Gasteiger partial charge in [-0.15, -0.1) is 0 Å². The van der Waals surface area contributed by atoms with Crippen molar-refractivity contribution in [3.8, 4) is 5.75 Å². The molecule has 1 N–H and O–H groups in total. The standard InChI is InChI=1S/C19H26O5/c20-19(21)15-5-7-16(8-6-15)23-11-3-1-2-10-22-13-14-4-9-17-18(12-14)24-17/h5-8,14,17-18H,1-4,9-13H2,(H,20,21). The van der Waals surface area contributed by atoms with E-state index in [1.54, 1.807) is 24.3 Å². The summed E-state index contributed by atoms with van der Waals surface area (Å²) in [5.41, 5.74) is 0.279. The maximum atomic E-state index is 10.8. The molecule has 3 atom stereocenters. The second-order valence-electron chi connectivity index (χ2n) is 6.71. The number of rotatable bonds is 10. The second-order valence-corrected chi connectivity index (χ2v) is 6.71. The predicted octanol–water partition coefficient (Wildman–Crippen LogP) is 3.52. The monoisotopic (exact) mass is 334 g/mol. The lowest BCUT2D eigenvalue weighted by molar-refractivity contribution is 0.0697. The number of hydrogen-bond acceptors (Lipinski definition) is 4. The molecule has 3 rings (SSSR count). The molecule has 132 valence electrons. The fourth-order valence-corrected chi connectivity index (χ4v) is 3.25. The quantitative estimate of drug-likeness (QED) is 0.524. The first kappa shape index (κ1) is 17.2. The Bertz CT molecular complexity index is 527. The van der Waals surface area contributed by atoms with Crippen molar-refractivity contribution in [3.63, 3.8) is 0 Å². The maximum absolute atomic E-state index is 10.8. The Labute approximate surface area is 142 Å². The average Bonchev–Trinajstić information content (AvgIpc) is 3.36. The number of carboxylic acids is 1. The molecule has 5 heteroatoms. The van der Waals surface area contributed by atoms with Gasteiger partial charge >= 0.3 is 5.97 Å². The van der Waals surface area contributed by atoms with E-state index in [4.69, 9.17) is 19.3 Å². The summed E-state index contributed by atoms with van der Waals surface area (Å²) in [7, 11) is 0. The zero-order valence-corrected chi connectivity index (χ0v) is 14.0. The van der Waals surface area contributed by atoms with Gasteiger partial charge in [0.15, 0.2) is 0 Å². The number of epoxide rings is 1. The molecule has 2 aliphatic rings. The van der Waals surface area contributed by atoms with Gasteiger partial charge < -0.3 is 19.3 Å². The normalized spacial score (nSPS) is 25.1. The molecule has 0 bridgehead atoms. The highest BCUT2D eigenvalue weighted by Crippen LogP contribution is 2.39. The van der Waals surface area contributed by atoms with E-state index in [0.29, 0.717) is 30.5 Å². The Morgan fingerprint density at radius 2 is 1.88 bits per heavy atom. The van der Waals surface area contributed by atoms with Crippen LogP contribution in [0.2, 0.25) is 0 Å². The van der Waals surface area contributed by atoms with Crippen LogP contribution in [-0.4, -0.2) is 43.1 Å². The lowest BCUT2D eigenvalue weighted by atomic mass is 9.90. The molecule has 24 heavy (non-hydrogen) atoms. The van der Waals surface area contributed by atoms with Gasteiger partial charge in [0.2, 0.25) is 0 Å². The molecule has 1 aliphatic carbocycles. The zero-order valence-electron chi connectivity index (χ0n) is 14.0. The fourth-order valence-electron chi connectivity index (χ4n) is 3.25. The van der Waals surface area contributed by atoms with E-state index in [0.717, 1.165) is 32.5 Å². The third-order valence-electron chi connectivity index (χ3n) is 4.77.